The van der Waals surface area contributed by atoms with Crippen molar-refractivity contribution in [2.45, 2.75) is 64.6 Å². The molecule has 16 heavy (non-hydrogen) atoms. The van der Waals surface area contributed by atoms with Crippen molar-refractivity contribution in [3.63, 3.8) is 0 Å². The molecule has 1 aliphatic carbocycles. The molecule has 0 aromatic carbocycles. The highest BCUT2D eigenvalue weighted by atomic mass is 15.4. The van der Waals surface area contributed by atoms with Crippen molar-refractivity contribution in [2.75, 3.05) is 0 Å². The van der Waals surface area contributed by atoms with E-state index in [9.17, 15) is 0 Å². The van der Waals surface area contributed by atoms with Crippen LogP contribution in [0.3, 0.4) is 0 Å². The topological polar surface area (TPSA) is 42.7 Å². The molecular formula is C12H22N4. The normalized spacial score (nSPS) is 18.8. The molecule has 2 rings (SSSR count). The third kappa shape index (κ3) is 2.12. The molecule has 1 aliphatic rings. The van der Waals surface area contributed by atoms with Crippen LogP contribution in [0.4, 0.5) is 0 Å². The fourth-order valence-electron chi connectivity index (χ4n) is 2.36. The number of hydrogen-bond donors (Lipinski definition) is 1. The molecule has 1 fully saturated rings. The Kier molecular flexibility index (Phi) is 3.28. The molecule has 0 amide bonds. The third-order valence-electron chi connectivity index (χ3n) is 3.75. The van der Waals surface area contributed by atoms with Gasteiger partial charge in [0.25, 0.3) is 0 Å². The lowest BCUT2D eigenvalue weighted by Crippen LogP contribution is -2.50. The van der Waals surface area contributed by atoms with Gasteiger partial charge in [-0.3, -0.25) is 0 Å². The van der Waals surface area contributed by atoms with Gasteiger partial charge in [0, 0.05) is 11.6 Å². The smallest absolute Gasteiger partial charge is 0.141 e. The van der Waals surface area contributed by atoms with E-state index in [1.165, 1.54) is 25.7 Å². The van der Waals surface area contributed by atoms with Crippen LogP contribution in [0.2, 0.25) is 0 Å². The van der Waals surface area contributed by atoms with E-state index in [0.717, 1.165) is 12.4 Å². The predicted molar refractivity (Wildman–Crippen MR) is 64.1 cm³/mol. The molecule has 0 bridgehead atoms. The Morgan fingerprint density at radius 2 is 2.25 bits per heavy atom. The Balaban J connectivity index is 1.96. The Hall–Kier alpha value is -0.900. The second-order valence-corrected chi connectivity index (χ2v) is 5.06. The van der Waals surface area contributed by atoms with Crippen LogP contribution < -0.4 is 5.32 Å². The maximum atomic E-state index is 4.32. The second kappa shape index (κ2) is 4.53. The molecule has 0 radical (unpaired) electrons. The van der Waals surface area contributed by atoms with Crippen molar-refractivity contribution < 1.29 is 0 Å². The molecule has 1 aromatic rings. The van der Waals surface area contributed by atoms with E-state index in [2.05, 4.69) is 36.2 Å². The maximum Gasteiger partial charge on any atom is 0.141 e. The molecule has 0 spiro atoms. The van der Waals surface area contributed by atoms with Crippen molar-refractivity contribution in [3.8, 4) is 0 Å². The summed E-state index contributed by atoms with van der Waals surface area (Å²) in [5.41, 5.74) is 0.383. The molecule has 0 aliphatic heterocycles. The highest BCUT2D eigenvalue weighted by molar-refractivity contribution is 4.97. The molecule has 1 heterocycles. The largest absolute Gasteiger partial charge is 0.304 e. The average molecular weight is 222 g/mol. The van der Waals surface area contributed by atoms with Crippen LogP contribution >= 0.6 is 0 Å². The Bertz CT molecular complexity index is 333. The molecule has 4 nitrogen and oxygen atoms in total. The summed E-state index contributed by atoms with van der Waals surface area (Å²) in [6, 6.07) is 0.387. The zero-order valence-electron chi connectivity index (χ0n) is 10.5. The number of hydrogen-bond acceptors (Lipinski definition) is 3. The monoisotopic (exact) mass is 222 g/mol. The van der Waals surface area contributed by atoms with Gasteiger partial charge in [0.1, 0.15) is 12.2 Å². The quantitative estimate of drug-likeness (QED) is 0.831. The van der Waals surface area contributed by atoms with E-state index in [4.69, 9.17) is 0 Å². The second-order valence-electron chi connectivity index (χ2n) is 5.06. The summed E-state index contributed by atoms with van der Waals surface area (Å²) < 4.78 is 2.00. The molecule has 4 heteroatoms. The summed E-state index contributed by atoms with van der Waals surface area (Å²) in [6.45, 7) is 7.37. The van der Waals surface area contributed by atoms with E-state index in [0.29, 0.717) is 11.6 Å². The summed E-state index contributed by atoms with van der Waals surface area (Å²) in [5.74, 6) is 1.05. The summed E-state index contributed by atoms with van der Waals surface area (Å²) in [4.78, 5) is 4.32. The van der Waals surface area contributed by atoms with Crippen molar-refractivity contribution in [1.82, 2.24) is 20.1 Å². The molecule has 1 N–H and O–H groups in total. The number of rotatable bonds is 5. The third-order valence-corrected chi connectivity index (χ3v) is 3.75. The van der Waals surface area contributed by atoms with Crippen molar-refractivity contribution in [1.29, 1.82) is 0 Å². The van der Waals surface area contributed by atoms with Crippen LogP contribution in [0.15, 0.2) is 6.33 Å². The molecule has 1 aromatic heterocycles. The number of nitrogens with zero attached hydrogens (tertiary/aromatic N) is 3. The van der Waals surface area contributed by atoms with Crippen molar-refractivity contribution in [2.24, 2.45) is 0 Å². The van der Waals surface area contributed by atoms with Crippen LogP contribution in [0.1, 0.15) is 58.3 Å². The average Bonchev–Trinajstić information content (AvgIpc) is 2.65. The standard InChI is InChI=1S/C12H22N4/c1-4-12(6-5-7-12)14-8-11-13-9-15-16(11)10(2)3/h9-10,14H,4-8H2,1-3H3. The lowest BCUT2D eigenvalue weighted by molar-refractivity contribution is 0.172. The highest BCUT2D eigenvalue weighted by Crippen LogP contribution is 2.34. The molecular weight excluding hydrogens is 200 g/mol. The minimum atomic E-state index is 0.383. The zero-order chi connectivity index (χ0) is 11.6. The van der Waals surface area contributed by atoms with E-state index < -0.39 is 0 Å². The van der Waals surface area contributed by atoms with Crippen LogP contribution in [0.5, 0.6) is 0 Å². The van der Waals surface area contributed by atoms with E-state index >= 15 is 0 Å². The van der Waals surface area contributed by atoms with Crippen LogP contribution in [-0.2, 0) is 6.54 Å². The SMILES string of the molecule is CCC1(NCc2ncnn2C(C)C)CCC1. The first-order chi connectivity index (χ1) is 7.67. The predicted octanol–water partition coefficient (Wildman–Crippen LogP) is 2.28. The van der Waals surface area contributed by atoms with Gasteiger partial charge in [-0.2, -0.15) is 5.10 Å². The Labute approximate surface area is 97.5 Å². The van der Waals surface area contributed by atoms with Gasteiger partial charge in [0.05, 0.1) is 6.54 Å². The summed E-state index contributed by atoms with van der Waals surface area (Å²) >= 11 is 0. The molecule has 90 valence electrons. The molecule has 0 atom stereocenters. The maximum absolute atomic E-state index is 4.32. The Morgan fingerprint density at radius 1 is 1.50 bits per heavy atom. The summed E-state index contributed by atoms with van der Waals surface area (Å²) in [5, 5.41) is 7.91. The first-order valence-electron chi connectivity index (χ1n) is 6.30. The van der Waals surface area contributed by atoms with E-state index in [1.807, 2.05) is 4.68 Å². The first kappa shape index (κ1) is 11.6. The highest BCUT2D eigenvalue weighted by Gasteiger charge is 2.34. The first-order valence-corrected chi connectivity index (χ1v) is 6.30. The minimum Gasteiger partial charge on any atom is -0.304 e. The van der Waals surface area contributed by atoms with Gasteiger partial charge in [-0.05, 0) is 39.5 Å². The summed E-state index contributed by atoms with van der Waals surface area (Å²) in [7, 11) is 0. The van der Waals surface area contributed by atoms with Crippen LogP contribution in [0.25, 0.3) is 0 Å². The van der Waals surface area contributed by atoms with Crippen LogP contribution in [0, 0.1) is 0 Å². The fourth-order valence-corrected chi connectivity index (χ4v) is 2.36. The molecule has 1 saturated carbocycles. The summed E-state index contributed by atoms with van der Waals surface area (Å²) in [6.07, 6.45) is 6.83. The van der Waals surface area contributed by atoms with Gasteiger partial charge in [0.2, 0.25) is 0 Å². The van der Waals surface area contributed by atoms with E-state index in [-0.39, 0.29) is 0 Å². The molecule has 0 unspecified atom stereocenters. The lowest BCUT2D eigenvalue weighted by Gasteiger charge is -2.42. The van der Waals surface area contributed by atoms with Crippen molar-refractivity contribution >= 4 is 0 Å². The Morgan fingerprint density at radius 3 is 2.75 bits per heavy atom. The van der Waals surface area contributed by atoms with Gasteiger partial charge in [0.15, 0.2) is 0 Å². The van der Waals surface area contributed by atoms with Gasteiger partial charge in [-0.15, -0.1) is 0 Å². The van der Waals surface area contributed by atoms with Gasteiger partial charge >= 0.3 is 0 Å². The minimum absolute atomic E-state index is 0.383. The van der Waals surface area contributed by atoms with Gasteiger partial charge in [-0.25, -0.2) is 9.67 Å². The lowest BCUT2D eigenvalue weighted by atomic mass is 9.75. The van der Waals surface area contributed by atoms with Crippen LogP contribution in [-0.4, -0.2) is 20.3 Å². The number of aromatic nitrogens is 3. The van der Waals surface area contributed by atoms with E-state index in [1.54, 1.807) is 6.33 Å². The van der Waals surface area contributed by atoms with Gasteiger partial charge in [-0.1, -0.05) is 6.92 Å². The molecule has 0 saturated heterocycles. The zero-order valence-corrected chi connectivity index (χ0v) is 10.5. The van der Waals surface area contributed by atoms with Crippen molar-refractivity contribution in [3.05, 3.63) is 12.2 Å². The fraction of sp³-hybridized carbons (Fsp3) is 0.833. The van der Waals surface area contributed by atoms with Gasteiger partial charge < -0.3 is 5.32 Å². The number of nitrogens with one attached hydrogen (secondary N) is 1.